The normalized spacial score (nSPS) is 28.6. The average molecular weight is 336 g/mol. The number of amides is 1. The highest BCUT2D eigenvalue weighted by Gasteiger charge is 2.42. The van der Waals surface area contributed by atoms with Crippen LogP contribution >= 0.6 is 0 Å². The fourth-order valence-electron chi connectivity index (χ4n) is 4.04. The molecular formula is C18H32N4O2. The van der Waals surface area contributed by atoms with Gasteiger partial charge in [0.2, 0.25) is 5.91 Å². The zero-order valence-electron chi connectivity index (χ0n) is 15.2. The average Bonchev–Trinajstić information content (AvgIpc) is 3.22. The molecule has 1 aliphatic carbocycles. The lowest BCUT2D eigenvalue weighted by Gasteiger charge is -2.30. The van der Waals surface area contributed by atoms with Crippen LogP contribution in [0.4, 0.5) is 0 Å². The standard InChI is InChI=1S/C18H32N4O2/c1-21(2)16(23)12-19-17(20-15-6-4-3-5-7-15)22-10-8-18(13-22)9-11-24-14-18/h15H,3-14H2,1-2H3,(H,19,20). The lowest BCUT2D eigenvalue weighted by molar-refractivity contribution is -0.127. The Balaban J connectivity index is 1.66. The maximum atomic E-state index is 12.0. The van der Waals surface area contributed by atoms with Crippen LogP contribution in [-0.4, -0.2) is 74.7 Å². The monoisotopic (exact) mass is 336 g/mol. The molecule has 1 unspecified atom stereocenters. The van der Waals surface area contributed by atoms with Crippen molar-refractivity contribution in [3.8, 4) is 0 Å². The van der Waals surface area contributed by atoms with Gasteiger partial charge < -0.3 is 19.9 Å². The minimum Gasteiger partial charge on any atom is -0.381 e. The van der Waals surface area contributed by atoms with Crippen molar-refractivity contribution in [1.82, 2.24) is 15.1 Å². The summed E-state index contributed by atoms with van der Waals surface area (Å²) >= 11 is 0. The molecule has 6 nitrogen and oxygen atoms in total. The fourth-order valence-corrected chi connectivity index (χ4v) is 4.04. The Morgan fingerprint density at radius 1 is 1.29 bits per heavy atom. The summed E-state index contributed by atoms with van der Waals surface area (Å²) in [7, 11) is 3.57. The number of ether oxygens (including phenoxy) is 1. The predicted molar refractivity (Wildman–Crippen MR) is 95.1 cm³/mol. The number of likely N-dealkylation sites (tertiary alicyclic amines) is 1. The van der Waals surface area contributed by atoms with Gasteiger partial charge in [0.15, 0.2) is 5.96 Å². The molecule has 1 saturated carbocycles. The Bertz CT molecular complexity index is 466. The third-order valence-electron chi connectivity index (χ3n) is 5.72. The van der Waals surface area contributed by atoms with Crippen LogP contribution in [0.5, 0.6) is 0 Å². The van der Waals surface area contributed by atoms with Crippen molar-refractivity contribution in [3.63, 3.8) is 0 Å². The summed E-state index contributed by atoms with van der Waals surface area (Å²) in [5, 5.41) is 3.66. The topological polar surface area (TPSA) is 57.2 Å². The largest absolute Gasteiger partial charge is 0.381 e. The third-order valence-corrected chi connectivity index (χ3v) is 5.72. The number of nitrogens with one attached hydrogen (secondary N) is 1. The van der Waals surface area contributed by atoms with Gasteiger partial charge in [0.25, 0.3) is 0 Å². The van der Waals surface area contributed by atoms with E-state index in [0.717, 1.165) is 38.7 Å². The van der Waals surface area contributed by atoms with Gasteiger partial charge in [0.1, 0.15) is 6.54 Å². The van der Waals surface area contributed by atoms with Crippen molar-refractivity contribution in [2.75, 3.05) is 46.9 Å². The minimum absolute atomic E-state index is 0.0519. The summed E-state index contributed by atoms with van der Waals surface area (Å²) in [5.74, 6) is 0.983. The lowest BCUT2D eigenvalue weighted by atomic mass is 9.87. The van der Waals surface area contributed by atoms with Crippen molar-refractivity contribution < 1.29 is 9.53 Å². The summed E-state index contributed by atoms with van der Waals surface area (Å²) in [6.07, 6.45) is 8.66. The number of aliphatic imine (C=N–C) groups is 1. The molecule has 24 heavy (non-hydrogen) atoms. The first-order valence-corrected chi connectivity index (χ1v) is 9.42. The summed E-state index contributed by atoms with van der Waals surface area (Å²) < 4.78 is 5.64. The second-order valence-electron chi connectivity index (χ2n) is 7.88. The van der Waals surface area contributed by atoms with Gasteiger partial charge in [0, 0.05) is 45.2 Å². The number of nitrogens with zero attached hydrogens (tertiary/aromatic N) is 3. The number of likely N-dealkylation sites (N-methyl/N-ethyl adjacent to an activating group) is 1. The van der Waals surface area contributed by atoms with Crippen LogP contribution in [0, 0.1) is 5.41 Å². The molecule has 6 heteroatoms. The maximum Gasteiger partial charge on any atom is 0.243 e. The van der Waals surface area contributed by atoms with E-state index in [1.54, 1.807) is 19.0 Å². The minimum atomic E-state index is 0.0519. The zero-order valence-corrected chi connectivity index (χ0v) is 15.2. The van der Waals surface area contributed by atoms with E-state index >= 15 is 0 Å². The molecule has 2 saturated heterocycles. The fraction of sp³-hybridized carbons (Fsp3) is 0.889. The van der Waals surface area contributed by atoms with Crippen molar-refractivity contribution in [1.29, 1.82) is 0 Å². The van der Waals surface area contributed by atoms with E-state index in [-0.39, 0.29) is 12.5 Å². The van der Waals surface area contributed by atoms with E-state index in [1.807, 2.05) is 0 Å². The Morgan fingerprint density at radius 3 is 2.75 bits per heavy atom. The summed E-state index contributed by atoms with van der Waals surface area (Å²) in [6, 6.07) is 0.503. The molecule has 1 atom stereocenters. The Labute approximate surface area is 145 Å². The molecule has 2 heterocycles. The third kappa shape index (κ3) is 4.21. The molecule has 3 aliphatic rings. The number of carbonyl (C=O) groups is 1. The number of guanidine groups is 1. The van der Waals surface area contributed by atoms with Gasteiger partial charge in [-0.2, -0.15) is 0 Å². The van der Waals surface area contributed by atoms with Crippen LogP contribution in [0.25, 0.3) is 0 Å². The molecule has 1 amide bonds. The molecule has 2 aliphatic heterocycles. The number of carbonyl (C=O) groups excluding carboxylic acids is 1. The molecule has 0 bridgehead atoms. The van der Waals surface area contributed by atoms with E-state index in [0.29, 0.717) is 11.5 Å². The molecule has 0 aromatic rings. The van der Waals surface area contributed by atoms with Crippen molar-refractivity contribution in [2.45, 2.75) is 51.0 Å². The highest BCUT2D eigenvalue weighted by molar-refractivity contribution is 5.85. The molecule has 0 aromatic heterocycles. The van der Waals surface area contributed by atoms with Crippen LogP contribution in [0.15, 0.2) is 4.99 Å². The van der Waals surface area contributed by atoms with Gasteiger partial charge in [-0.05, 0) is 25.7 Å². The van der Waals surface area contributed by atoms with Crippen LogP contribution in [0.2, 0.25) is 0 Å². The highest BCUT2D eigenvalue weighted by Crippen LogP contribution is 2.38. The van der Waals surface area contributed by atoms with Crippen molar-refractivity contribution >= 4 is 11.9 Å². The van der Waals surface area contributed by atoms with Gasteiger partial charge in [-0.25, -0.2) is 4.99 Å². The summed E-state index contributed by atoms with van der Waals surface area (Å²) in [4.78, 5) is 20.6. The SMILES string of the molecule is CN(C)C(=O)CN=C(NC1CCCCC1)N1CCC2(CCOC2)C1. The van der Waals surface area contributed by atoms with Crippen LogP contribution in [-0.2, 0) is 9.53 Å². The predicted octanol–water partition coefficient (Wildman–Crippen LogP) is 1.47. The van der Waals surface area contributed by atoms with Crippen molar-refractivity contribution in [3.05, 3.63) is 0 Å². The maximum absolute atomic E-state index is 12.0. The second-order valence-corrected chi connectivity index (χ2v) is 7.88. The first-order chi connectivity index (χ1) is 11.6. The quantitative estimate of drug-likeness (QED) is 0.626. The molecule has 0 aromatic carbocycles. The van der Waals surface area contributed by atoms with Gasteiger partial charge in [-0.15, -0.1) is 0 Å². The molecule has 136 valence electrons. The summed E-state index contributed by atoms with van der Waals surface area (Å²) in [5.41, 5.74) is 0.306. The number of rotatable bonds is 3. The van der Waals surface area contributed by atoms with E-state index in [4.69, 9.17) is 4.74 Å². The van der Waals surface area contributed by atoms with Crippen LogP contribution < -0.4 is 5.32 Å². The van der Waals surface area contributed by atoms with E-state index < -0.39 is 0 Å². The molecule has 3 fully saturated rings. The summed E-state index contributed by atoms with van der Waals surface area (Å²) in [6.45, 7) is 3.99. The Morgan fingerprint density at radius 2 is 2.08 bits per heavy atom. The van der Waals surface area contributed by atoms with E-state index in [1.165, 1.54) is 38.5 Å². The highest BCUT2D eigenvalue weighted by atomic mass is 16.5. The van der Waals surface area contributed by atoms with E-state index in [9.17, 15) is 4.79 Å². The van der Waals surface area contributed by atoms with Gasteiger partial charge in [-0.1, -0.05) is 19.3 Å². The van der Waals surface area contributed by atoms with Gasteiger partial charge >= 0.3 is 0 Å². The number of hydrogen-bond donors (Lipinski definition) is 1. The first-order valence-electron chi connectivity index (χ1n) is 9.42. The van der Waals surface area contributed by atoms with Gasteiger partial charge in [-0.3, -0.25) is 4.79 Å². The van der Waals surface area contributed by atoms with Gasteiger partial charge in [0.05, 0.1) is 6.61 Å². The van der Waals surface area contributed by atoms with Crippen LogP contribution in [0.3, 0.4) is 0 Å². The molecule has 1 N–H and O–H groups in total. The Hall–Kier alpha value is -1.30. The van der Waals surface area contributed by atoms with Crippen molar-refractivity contribution in [2.24, 2.45) is 10.4 Å². The molecular weight excluding hydrogens is 304 g/mol. The van der Waals surface area contributed by atoms with Crippen LogP contribution in [0.1, 0.15) is 44.9 Å². The second kappa shape index (κ2) is 7.72. The van der Waals surface area contributed by atoms with E-state index in [2.05, 4.69) is 15.2 Å². The Kier molecular flexibility index (Phi) is 5.64. The smallest absolute Gasteiger partial charge is 0.243 e. The molecule has 0 radical (unpaired) electrons. The number of hydrogen-bond acceptors (Lipinski definition) is 3. The zero-order chi connectivity index (χ0) is 17.0. The lowest BCUT2D eigenvalue weighted by Crippen LogP contribution is -2.47. The molecule has 3 rings (SSSR count). The first kappa shape index (κ1) is 17.5. The molecule has 1 spiro atoms.